The van der Waals surface area contributed by atoms with Gasteiger partial charge in [0.1, 0.15) is 23.9 Å². The Morgan fingerprint density at radius 3 is 2.88 bits per heavy atom. The van der Waals surface area contributed by atoms with Crippen LogP contribution < -0.4 is 4.74 Å². The Bertz CT molecular complexity index is 766. The summed E-state index contributed by atoms with van der Waals surface area (Å²) < 4.78 is 22.9. The van der Waals surface area contributed by atoms with Crippen molar-refractivity contribution >= 4 is 5.97 Å². The van der Waals surface area contributed by atoms with Crippen molar-refractivity contribution in [1.82, 2.24) is 4.90 Å². The molecule has 6 atom stereocenters. The second-order valence-electron chi connectivity index (χ2n) is 7.38. The van der Waals surface area contributed by atoms with Gasteiger partial charge >= 0.3 is 5.97 Å². The number of likely N-dealkylation sites (N-methyl/N-ethyl adjacent to an activating group) is 1. The zero-order valence-electron chi connectivity index (χ0n) is 14.4. The fourth-order valence-electron chi connectivity index (χ4n) is 5.26. The zero-order chi connectivity index (χ0) is 17.5. The van der Waals surface area contributed by atoms with Crippen LogP contribution in [0.5, 0.6) is 11.5 Å². The van der Waals surface area contributed by atoms with E-state index in [0.717, 1.165) is 18.5 Å². The molecule has 1 aromatic rings. The second kappa shape index (κ2) is 4.87. The van der Waals surface area contributed by atoms with Crippen LogP contribution in [0.15, 0.2) is 12.1 Å². The number of ether oxygens (including phenoxy) is 4. The molecule has 1 aromatic carbocycles. The summed E-state index contributed by atoms with van der Waals surface area (Å²) in [6.45, 7) is 0.930. The van der Waals surface area contributed by atoms with Crippen LogP contribution in [0.1, 0.15) is 28.3 Å². The molecule has 0 aromatic heterocycles. The lowest BCUT2D eigenvalue weighted by Gasteiger charge is -2.45. The first kappa shape index (κ1) is 15.4. The number of methoxy groups -OCH3 is 2. The molecule has 7 heteroatoms. The van der Waals surface area contributed by atoms with Crippen LogP contribution in [0, 0.1) is 0 Å². The van der Waals surface area contributed by atoms with Gasteiger partial charge < -0.3 is 24.1 Å². The fraction of sp³-hybridized carbons (Fsp3) is 0.611. The van der Waals surface area contributed by atoms with Crippen LogP contribution >= 0.6 is 0 Å². The van der Waals surface area contributed by atoms with Gasteiger partial charge in [0.15, 0.2) is 11.5 Å². The van der Waals surface area contributed by atoms with Crippen molar-refractivity contribution in [2.75, 3.05) is 27.8 Å². The smallest absolute Gasteiger partial charge is 0.338 e. The van der Waals surface area contributed by atoms with Crippen molar-refractivity contribution in [3.05, 3.63) is 23.3 Å². The molecule has 1 saturated carbocycles. The first-order valence-electron chi connectivity index (χ1n) is 8.54. The van der Waals surface area contributed by atoms with Crippen molar-refractivity contribution in [3.63, 3.8) is 0 Å². The minimum absolute atomic E-state index is 0.0398. The van der Waals surface area contributed by atoms with E-state index in [1.165, 1.54) is 13.2 Å². The van der Waals surface area contributed by atoms with Crippen molar-refractivity contribution in [2.45, 2.75) is 42.3 Å². The van der Waals surface area contributed by atoms with Gasteiger partial charge in [-0.05, 0) is 31.2 Å². The van der Waals surface area contributed by atoms with E-state index in [1.807, 2.05) is 0 Å². The third-order valence-corrected chi connectivity index (χ3v) is 6.36. The summed E-state index contributed by atoms with van der Waals surface area (Å²) >= 11 is 0. The number of phenols is 1. The molecule has 0 radical (unpaired) electrons. The maximum absolute atomic E-state index is 12.6. The minimum atomic E-state index is -0.440. The van der Waals surface area contributed by atoms with Gasteiger partial charge in [-0.15, -0.1) is 0 Å². The lowest BCUT2D eigenvalue weighted by molar-refractivity contribution is -0.0778. The molecular formula is C18H21NO6. The first-order valence-corrected chi connectivity index (χ1v) is 8.54. The molecule has 1 spiro atoms. The number of carbonyl (C=O) groups excluding carboxylic acids is 1. The van der Waals surface area contributed by atoms with Gasteiger partial charge in [0.2, 0.25) is 0 Å². The zero-order valence-corrected chi connectivity index (χ0v) is 14.4. The van der Waals surface area contributed by atoms with Crippen molar-refractivity contribution in [3.8, 4) is 11.5 Å². The predicted molar refractivity (Wildman–Crippen MR) is 86.0 cm³/mol. The highest BCUT2D eigenvalue weighted by atomic mass is 16.7. The van der Waals surface area contributed by atoms with Crippen LogP contribution in [-0.2, 0) is 14.2 Å². The molecule has 0 unspecified atom stereocenters. The molecule has 3 heterocycles. The monoisotopic (exact) mass is 347 g/mol. The first-order chi connectivity index (χ1) is 12.0. The van der Waals surface area contributed by atoms with E-state index in [9.17, 15) is 9.90 Å². The largest absolute Gasteiger partial charge is 0.504 e. The number of phenolic OH excluding ortho intramolecular Hbond substituents is 1. The molecule has 25 heavy (non-hydrogen) atoms. The summed E-state index contributed by atoms with van der Waals surface area (Å²) in [6.07, 6.45) is 0.206. The summed E-state index contributed by atoms with van der Waals surface area (Å²) in [6, 6.07) is 3.31. The number of likely N-dealkylation sites (tertiary alicyclic amines) is 1. The molecule has 0 bridgehead atoms. The van der Waals surface area contributed by atoms with Gasteiger partial charge in [-0.3, -0.25) is 4.90 Å². The van der Waals surface area contributed by atoms with Gasteiger partial charge in [0, 0.05) is 19.6 Å². The molecule has 7 nitrogen and oxygen atoms in total. The molecule has 4 aliphatic rings. The Balaban J connectivity index is 1.70. The highest BCUT2D eigenvalue weighted by Gasteiger charge is 2.76. The number of carbonyl (C=O) groups is 1. The number of fused-ring (bicyclic) bond motifs is 4. The standard InChI is InChI=1S/C18H21NO6/c1-19-5-4-18-15(19)12-8-7-11(22-2)10(20)6-9(8)17(21)24-13(12)14(23-3)16(18)25-18/h6-7,12-16,20H,4-5H2,1-3H3/t12-,13+,14-,15+,16+,18-/m1/s1. The molecular weight excluding hydrogens is 326 g/mol. The number of rotatable bonds is 2. The number of esters is 1. The molecule has 3 fully saturated rings. The normalized spacial score (nSPS) is 41.2. The van der Waals surface area contributed by atoms with Crippen molar-refractivity contribution in [2.24, 2.45) is 0 Å². The third-order valence-electron chi connectivity index (χ3n) is 6.36. The number of hydrogen-bond donors (Lipinski definition) is 1. The van der Waals surface area contributed by atoms with Crippen LogP contribution in [0.4, 0.5) is 0 Å². The fourth-order valence-corrected chi connectivity index (χ4v) is 5.26. The number of nitrogens with zero attached hydrogens (tertiary/aromatic N) is 1. The van der Waals surface area contributed by atoms with Gasteiger partial charge in [-0.2, -0.15) is 0 Å². The molecule has 5 rings (SSSR count). The second-order valence-corrected chi connectivity index (χ2v) is 7.38. The average molecular weight is 347 g/mol. The van der Waals surface area contributed by atoms with Crippen LogP contribution in [-0.4, -0.2) is 73.7 Å². The summed E-state index contributed by atoms with van der Waals surface area (Å²) in [4.78, 5) is 14.8. The topological polar surface area (TPSA) is 80.8 Å². The molecule has 2 saturated heterocycles. The molecule has 3 aliphatic heterocycles. The van der Waals surface area contributed by atoms with Gasteiger partial charge in [0.05, 0.1) is 18.7 Å². The molecule has 1 aliphatic carbocycles. The van der Waals surface area contributed by atoms with E-state index in [4.69, 9.17) is 18.9 Å². The minimum Gasteiger partial charge on any atom is -0.504 e. The Morgan fingerprint density at radius 1 is 1.36 bits per heavy atom. The maximum Gasteiger partial charge on any atom is 0.338 e. The highest BCUT2D eigenvalue weighted by Crippen LogP contribution is 2.61. The SMILES string of the molecule is COc1cc2c(cc1O)C(=O)O[C@@H]1[C@@H](OC)[C@@H]3O[C@@]34CCN(C)[C@H]4[C@H]21. The summed E-state index contributed by atoms with van der Waals surface area (Å²) in [5.74, 6) is -0.232. The van der Waals surface area contributed by atoms with Gasteiger partial charge in [-0.25, -0.2) is 4.79 Å². The van der Waals surface area contributed by atoms with E-state index in [-0.39, 0.29) is 35.5 Å². The van der Waals surface area contributed by atoms with Crippen LogP contribution in [0.2, 0.25) is 0 Å². The average Bonchev–Trinajstić information content (AvgIpc) is 3.23. The Kier molecular flexibility index (Phi) is 3.01. The number of aromatic hydroxyl groups is 1. The Morgan fingerprint density at radius 2 is 2.16 bits per heavy atom. The van der Waals surface area contributed by atoms with E-state index in [1.54, 1.807) is 13.2 Å². The van der Waals surface area contributed by atoms with E-state index in [2.05, 4.69) is 11.9 Å². The Labute approximate surface area is 145 Å². The van der Waals surface area contributed by atoms with E-state index in [0.29, 0.717) is 11.3 Å². The number of epoxide rings is 1. The highest BCUT2D eigenvalue weighted by molar-refractivity contribution is 5.94. The van der Waals surface area contributed by atoms with Gasteiger partial charge in [-0.1, -0.05) is 0 Å². The lowest BCUT2D eigenvalue weighted by atomic mass is 9.69. The number of hydrogen-bond acceptors (Lipinski definition) is 7. The van der Waals surface area contributed by atoms with Crippen molar-refractivity contribution in [1.29, 1.82) is 0 Å². The quantitative estimate of drug-likeness (QED) is 0.629. The van der Waals surface area contributed by atoms with E-state index >= 15 is 0 Å². The third kappa shape index (κ3) is 1.78. The van der Waals surface area contributed by atoms with Crippen LogP contribution in [0.3, 0.4) is 0 Å². The Hall–Kier alpha value is -1.83. The summed E-state index contributed by atoms with van der Waals surface area (Å²) in [5.41, 5.74) is 0.997. The molecule has 0 amide bonds. The van der Waals surface area contributed by atoms with E-state index < -0.39 is 12.1 Å². The maximum atomic E-state index is 12.6. The van der Waals surface area contributed by atoms with Gasteiger partial charge in [0.25, 0.3) is 0 Å². The molecule has 1 N–H and O–H groups in total. The van der Waals surface area contributed by atoms with Crippen LogP contribution in [0.25, 0.3) is 0 Å². The summed E-state index contributed by atoms with van der Waals surface area (Å²) in [7, 11) is 5.22. The molecule has 134 valence electrons. The number of benzene rings is 1. The predicted octanol–water partition coefficient (Wildman–Crippen LogP) is 0.894. The summed E-state index contributed by atoms with van der Waals surface area (Å²) in [5, 5.41) is 10.1. The lowest BCUT2D eigenvalue weighted by Crippen LogP contribution is -2.59. The van der Waals surface area contributed by atoms with Crippen molar-refractivity contribution < 1.29 is 28.8 Å².